The maximum atomic E-state index is 10.6. The first-order valence-electron chi connectivity index (χ1n) is 3.08. The number of aromatic nitrogens is 1. The van der Waals surface area contributed by atoms with Gasteiger partial charge in [-0.3, -0.25) is 0 Å². The Morgan fingerprint density at radius 3 is 2.83 bits per heavy atom. The molecule has 0 unspecified atom stereocenters. The summed E-state index contributed by atoms with van der Waals surface area (Å²) in [5.74, 6) is -0.997. The van der Waals surface area contributed by atoms with Crippen molar-refractivity contribution >= 4 is 17.6 Å². The summed E-state index contributed by atoms with van der Waals surface area (Å²) in [6.07, 6.45) is 1.31. The second kappa shape index (κ2) is 3.40. The fraction of sp³-hybridized carbons (Fsp3) is 0.143. The highest BCUT2D eigenvalue weighted by molar-refractivity contribution is 6.31. The van der Waals surface area contributed by atoms with Crippen LogP contribution in [0.15, 0.2) is 12.3 Å². The van der Waals surface area contributed by atoms with E-state index >= 15 is 0 Å². The lowest BCUT2D eigenvalue weighted by atomic mass is 10.2. The predicted octanol–water partition coefficient (Wildman–Crippen LogP) is 1.44. The van der Waals surface area contributed by atoms with E-state index in [4.69, 9.17) is 21.4 Å². The molecule has 0 radical (unpaired) electrons. The molecule has 4 nitrogen and oxygen atoms in total. The molecule has 5 heteroatoms. The number of carbonyl (C=O) groups is 1. The van der Waals surface area contributed by atoms with E-state index in [-0.39, 0.29) is 16.5 Å². The summed E-state index contributed by atoms with van der Waals surface area (Å²) >= 11 is 5.57. The van der Waals surface area contributed by atoms with Gasteiger partial charge in [0.2, 0.25) is 0 Å². The molecule has 0 aliphatic rings. The van der Waals surface area contributed by atoms with Crippen LogP contribution in [0.3, 0.4) is 0 Å². The standard InChI is InChI=1S/C7H6ClNO3/c1-12-5-4(7(10)11)2-3-9-6(5)8/h2-3H,1H3,(H,10,11). The van der Waals surface area contributed by atoms with Gasteiger partial charge in [0.15, 0.2) is 10.9 Å². The van der Waals surface area contributed by atoms with Crippen LogP contribution in [0, 0.1) is 0 Å². The molecule has 1 aromatic rings. The Labute approximate surface area is 73.8 Å². The van der Waals surface area contributed by atoms with Gasteiger partial charge in [0, 0.05) is 6.20 Å². The second-order valence-electron chi connectivity index (χ2n) is 1.99. The molecule has 1 heterocycles. The summed E-state index contributed by atoms with van der Waals surface area (Å²) in [6, 6.07) is 1.33. The summed E-state index contributed by atoms with van der Waals surface area (Å²) in [5, 5.41) is 8.71. The van der Waals surface area contributed by atoms with Crippen LogP contribution in [0.2, 0.25) is 5.15 Å². The van der Waals surface area contributed by atoms with Crippen LogP contribution in [0.25, 0.3) is 0 Å². The van der Waals surface area contributed by atoms with Gasteiger partial charge in [0.05, 0.1) is 7.11 Å². The van der Waals surface area contributed by atoms with Gasteiger partial charge < -0.3 is 9.84 Å². The van der Waals surface area contributed by atoms with Crippen LogP contribution in [0.5, 0.6) is 5.75 Å². The minimum atomic E-state index is -1.09. The zero-order valence-electron chi connectivity index (χ0n) is 6.24. The minimum absolute atomic E-state index is 0.0116. The molecule has 0 fully saturated rings. The number of carboxylic acid groups (broad SMARTS) is 1. The normalized spacial score (nSPS) is 9.50. The van der Waals surface area contributed by atoms with Crippen molar-refractivity contribution in [3.8, 4) is 5.75 Å². The molecule has 0 saturated heterocycles. The zero-order chi connectivity index (χ0) is 9.14. The van der Waals surface area contributed by atoms with Gasteiger partial charge >= 0.3 is 5.97 Å². The van der Waals surface area contributed by atoms with Gasteiger partial charge in [-0.25, -0.2) is 9.78 Å². The van der Waals surface area contributed by atoms with Gasteiger partial charge in [0.1, 0.15) is 5.56 Å². The SMILES string of the molecule is COc1c(C(=O)O)ccnc1Cl. The fourth-order valence-electron chi connectivity index (χ4n) is 0.785. The van der Waals surface area contributed by atoms with Gasteiger partial charge in [-0.1, -0.05) is 11.6 Å². The second-order valence-corrected chi connectivity index (χ2v) is 2.35. The molecule has 0 spiro atoms. The molecule has 1 aromatic heterocycles. The Hall–Kier alpha value is -1.29. The zero-order valence-corrected chi connectivity index (χ0v) is 7.00. The predicted molar refractivity (Wildman–Crippen MR) is 42.8 cm³/mol. The molecular weight excluding hydrogens is 182 g/mol. The molecule has 0 aromatic carbocycles. The number of rotatable bonds is 2. The van der Waals surface area contributed by atoms with Crippen LogP contribution in [-0.2, 0) is 0 Å². The van der Waals surface area contributed by atoms with E-state index in [1.807, 2.05) is 0 Å². The van der Waals surface area contributed by atoms with Crippen LogP contribution in [0.4, 0.5) is 0 Å². The first-order chi connectivity index (χ1) is 5.66. The average molecular weight is 188 g/mol. The first-order valence-corrected chi connectivity index (χ1v) is 3.46. The van der Waals surface area contributed by atoms with Crippen molar-refractivity contribution in [3.05, 3.63) is 23.0 Å². The molecule has 12 heavy (non-hydrogen) atoms. The monoisotopic (exact) mass is 187 g/mol. The Morgan fingerprint density at radius 1 is 1.75 bits per heavy atom. The number of nitrogens with zero attached hydrogens (tertiary/aromatic N) is 1. The lowest BCUT2D eigenvalue weighted by Crippen LogP contribution is -2.01. The van der Waals surface area contributed by atoms with Crippen molar-refractivity contribution in [2.24, 2.45) is 0 Å². The van der Waals surface area contributed by atoms with E-state index in [1.54, 1.807) is 0 Å². The van der Waals surface area contributed by atoms with E-state index in [2.05, 4.69) is 4.98 Å². The number of carboxylic acids is 1. The summed E-state index contributed by atoms with van der Waals surface area (Å²) in [4.78, 5) is 14.2. The highest BCUT2D eigenvalue weighted by Crippen LogP contribution is 2.25. The maximum Gasteiger partial charge on any atom is 0.339 e. The van der Waals surface area contributed by atoms with Crippen molar-refractivity contribution in [1.82, 2.24) is 4.98 Å². The number of aromatic carboxylic acids is 1. The smallest absolute Gasteiger partial charge is 0.339 e. The Balaban J connectivity index is 3.27. The van der Waals surface area contributed by atoms with Crippen LogP contribution in [-0.4, -0.2) is 23.2 Å². The summed E-state index contributed by atoms with van der Waals surface area (Å²) in [7, 11) is 1.34. The fourth-order valence-corrected chi connectivity index (χ4v) is 1.02. The number of pyridine rings is 1. The molecule has 64 valence electrons. The van der Waals surface area contributed by atoms with Crippen molar-refractivity contribution in [3.63, 3.8) is 0 Å². The third kappa shape index (κ3) is 1.48. The van der Waals surface area contributed by atoms with Crippen molar-refractivity contribution in [2.45, 2.75) is 0 Å². The Bertz CT molecular complexity index is 314. The quantitative estimate of drug-likeness (QED) is 0.712. The lowest BCUT2D eigenvalue weighted by Gasteiger charge is -2.04. The Kier molecular flexibility index (Phi) is 2.50. The number of hydrogen-bond donors (Lipinski definition) is 1. The molecule has 0 atom stereocenters. The van der Waals surface area contributed by atoms with E-state index in [9.17, 15) is 4.79 Å². The van der Waals surface area contributed by atoms with Crippen molar-refractivity contribution < 1.29 is 14.6 Å². The number of ether oxygens (including phenoxy) is 1. The molecule has 0 bridgehead atoms. The van der Waals surface area contributed by atoms with Gasteiger partial charge in [0.25, 0.3) is 0 Å². The summed E-state index contributed by atoms with van der Waals surface area (Å²) < 4.78 is 4.76. The maximum absolute atomic E-state index is 10.6. The molecular formula is C7H6ClNO3. The van der Waals surface area contributed by atoms with Gasteiger partial charge in [-0.15, -0.1) is 0 Å². The van der Waals surface area contributed by atoms with Crippen LogP contribution < -0.4 is 4.74 Å². The van der Waals surface area contributed by atoms with E-state index in [1.165, 1.54) is 19.4 Å². The van der Waals surface area contributed by atoms with E-state index in [0.29, 0.717) is 0 Å². The molecule has 0 saturated carbocycles. The highest BCUT2D eigenvalue weighted by Gasteiger charge is 2.13. The average Bonchev–Trinajstić information content (AvgIpc) is 2.03. The van der Waals surface area contributed by atoms with Crippen LogP contribution >= 0.6 is 11.6 Å². The van der Waals surface area contributed by atoms with Crippen LogP contribution in [0.1, 0.15) is 10.4 Å². The van der Waals surface area contributed by atoms with Gasteiger partial charge in [-0.05, 0) is 6.07 Å². The number of halogens is 1. The summed E-state index contributed by atoms with van der Waals surface area (Å²) in [6.45, 7) is 0. The van der Waals surface area contributed by atoms with E-state index in [0.717, 1.165) is 0 Å². The number of methoxy groups -OCH3 is 1. The minimum Gasteiger partial charge on any atom is -0.493 e. The highest BCUT2D eigenvalue weighted by atomic mass is 35.5. The Morgan fingerprint density at radius 2 is 2.42 bits per heavy atom. The van der Waals surface area contributed by atoms with Crippen molar-refractivity contribution in [1.29, 1.82) is 0 Å². The summed E-state index contributed by atoms with van der Waals surface area (Å²) in [5.41, 5.74) is 0.0116. The largest absolute Gasteiger partial charge is 0.493 e. The third-order valence-corrected chi connectivity index (χ3v) is 1.56. The molecule has 1 N–H and O–H groups in total. The van der Waals surface area contributed by atoms with Gasteiger partial charge in [-0.2, -0.15) is 0 Å². The van der Waals surface area contributed by atoms with Crippen molar-refractivity contribution in [2.75, 3.05) is 7.11 Å². The topological polar surface area (TPSA) is 59.4 Å². The molecule has 0 amide bonds. The number of hydrogen-bond acceptors (Lipinski definition) is 3. The molecule has 0 aliphatic heterocycles. The lowest BCUT2D eigenvalue weighted by molar-refractivity contribution is 0.0693. The first kappa shape index (κ1) is 8.80. The molecule has 0 aliphatic carbocycles. The third-order valence-electron chi connectivity index (χ3n) is 1.30. The molecule has 1 rings (SSSR count). The van der Waals surface area contributed by atoms with E-state index < -0.39 is 5.97 Å².